The van der Waals surface area contributed by atoms with E-state index in [9.17, 15) is 4.21 Å². The molecular weight excluding hydrogens is 228 g/mol. The molecule has 0 aromatic rings. The molecule has 0 aromatic carbocycles. The van der Waals surface area contributed by atoms with Crippen LogP contribution in [0.3, 0.4) is 0 Å². The van der Waals surface area contributed by atoms with Crippen molar-refractivity contribution in [2.75, 3.05) is 12.0 Å². The van der Waals surface area contributed by atoms with Crippen molar-refractivity contribution in [1.29, 1.82) is 0 Å². The summed E-state index contributed by atoms with van der Waals surface area (Å²) in [6.07, 6.45) is 15.7. The second-order valence-corrected chi connectivity index (χ2v) is 7.42. The topological polar surface area (TPSA) is 17.1 Å². The van der Waals surface area contributed by atoms with Crippen LogP contribution in [0.2, 0.25) is 0 Å². The summed E-state index contributed by atoms with van der Waals surface area (Å²) in [6, 6.07) is 0. The van der Waals surface area contributed by atoms with Crippen LogP contribution in [0.25, 0.3) is 0 Å². The van der Waals surface area contributed by atoms with Crippen LogP contribution in [0.4, 0.5) is 0 Å². The number of hydrogen-bond acceptors (Lipinski definition) is 1. The first kappa shape index (κ1) is 15.2. The fraction of sp³-hybridized carbons (Fsp3) is 1.00. The smallest absolute Gasteiger partial charge is 0.0232 e. The van der Waals surface area contributed by atoms with Gasteiger partial charge in [0.05, 0.1) is 0 Å². The molecular formula is C15H30OS. The van der Waals surface area contributed by atoms with Crippen molar-refractivity contribution in [3.8, 4) is 0 Å². The average molecular weight is 258 g/mol. The summed E-state index contributed by atoms with van der Waals surface area (Å²) in [7, 11) is -0.579. The van der Waals surface area contributed by atoms with Gasteiger partial charge in [0.1, 0.15) is 0 Å². The van der Waals surface area contributed by atoms with E-state index < -0.39 is 10.8 Å². The van der Waals surface area contributed by atoms with E-state index in [4.69, 9.17) is 0 Å². The SMILES string of the molecule is CC1CC1CCCCCCCCCCS(C)=O. The zero-order valence-electron chi connectivity index (χ0n) is 11.7. The Balaban J connectivity index is 1.68. The van der Waals surface area contributed by atoms with Crippen LogP contribution in [0.1, 0.15) is 71.1 Å². The Morgan fingerprint density at radius 3 is 1.88 bits per heavy atom. The minimum Gasteiger partial charge on any atom is -0.260 e. The quantitative estimate of drug-likeness (QED) is 0.498. The molecule has 0 saturated heterocycles. The molecule has 0 aromatic heterocycles. The minimum absolute atomic E-state index is 0.579. The summed E-state index contributed by atoms with van der Waals surface area (Å²) < 4.78 is 10.8. The highest BCUT2D eigenvalue weighted by molar-refractivity contribution is 7.84. The van der Waals surface area contributed by atoms with Crippen LogP contribution in [-0.2, 0) is 10.8 Å². The Morgan fingerprint density at radius 2 is 1.41 bits per heavy atom. The van der Waals surface area contributed by atoms with E-state index in [0.29, 0.717) is 0 Å². The first-order chi connectivity index (χ1) is 8.20. The zero-order chi connectivity index (χ0) is 12.5. The maximum atomic E-state index is 10.8. The standard InChI is InChI=1S/C15H30OS/c1-14-13-15(14)11-9-7-5-3-4-6-8-10-12-17(2)16/h14-15H,3-13H2,1-2H3. The Bertz CT molecular complexity index is 215. The summed E-state index contributed by atoms with van der Waals surface area (Å²) in [5, 5.41) is 0. The van der Waals surface area contributed by atoms with Crippen molar-refractivity contribution in [3.05, 3.63) is 0 Å². The van der Waals surface area contributed by atoms with Gasteiger partial charge in [-0.15, -0.1) is 0 Å². The number of rotatable bonds is 11. The fourth-order valence-electron chi connectivity index (χ4n) is 2.57. The molecule has 0 spiro atoms. The van der Waals surface area contributed by atoms with Gasteiger partial charge >= 0.3 is 0 Å². The summed E-state index contributed by atoms with van der Waals surface area (Å²) in [4.78, 5) is 0. The second kappa shape index (κ2) is 9.13. The molecule has 0 radical (unpaired) electrons. The van der Waals surface area contributed by atoms with Crippen molar-refractivity contribution in [1.82, 2.24) is 0 Å². The van der Waals surface area contributed by atoms with Crippen LogP contribution in [0.5, 0.6) is 0 Å². The molecule has 1 rings (SSSR count). The predicted molar refractivity (Wildman–Crippen MR) is 77.8 cm³/mol. The predicted octanol–water partition coefficient (Wildman–Crippen LogP) is 4.53. The van der Waals surface area contributed by atoms with E-state index in [0.717, 1.165) is 24.0 Å². The van der Waals surface area contributed by atoms with Crippen molar-refractivity contribution in [3.63, 3.8) is 0 Å². The molecule has 17 heavy (non-hydrogen) atoms. The monoisotopic (exact) mass is 258 g/mol. The van der Waals surface area contributed by atoms with Gasteiger partial charge in [-0.25, -0.2) is 0 Å². The Morgan fingerprint density at radius 1 is 0.941 bits per heavy atom. The highest BCUT2D eigenvalue weighted by Crippen LogP contribution is 2.41. The van der Waals surface area contributed by atoms with Gasteiger partial charge in [0.15, 0.2) is 0 Å². The van der Waals surface area contributed by atoms with Gasteiger partial charge in [-0.05, 0) is 24.7 Å². The first-order valence-corrected chi connectivity index (χ1v) is 9.23. The molecule has 0 aliphatic heterocycles. The van der Waals surface area contributed by atoms with Crippen LogP contribution < -0.4 is 0 Å². The molecule has 1 aliphatic carbocycles. The van der Waals surface area contributed by atoms with Gasteiger partial charge in [-0.3, -0.25) is 4.21 Å². The third-order valence-electron chi connectivity index (χ3n) is 4.03. The third-order valence-corrected chi connectivity index (χ3v) is 4.90. The molecule has 0 heterocycles. The third kappa shape index (κ3) is 8.82. The molecule has 3 unspecified atom stereocenters. The molecule has 1 nitrogen and oxygen atoms in total. The lowest BCUT2D eigenvalue weighted by Gasteiger charge is -2.02. The first-order valence-electron chi connectivity index (χ1n) is 7.50. The van der Waals surface area contributed by atoms with E-state index in [1.807, 2.05) is 0 Å². The van der Waals surface area contributed by atoms with Crippen LogP contribution >= 0.6 is 0 Å². The number of unbranched alkanes of at least 4 members (excludes halogenated alkanes) is 7. The molecule has 1 saturated carbocycles. The average Bonchev–Trinajstić information content (AvgIpc) is 2.97. The highest BCUT2D eigenvalue weighted by Gasteiger charge is 2.31. The molecule has 0 bridgehead atoms. The molecule has 0 amide bonds. The Labute approximate surface area is 110 Å². The lowest BCUT2D eigenvalue weighted by Crippen LogP contribution is -1.93. The van der Waals surface area contributed by atoms with E-state index in [1.165, 1.54) is 57.8 Å². The molecule has 1 fully saturated rings. The van der Waals surface area contributed by atoms with Crippen molar-refractivity contribution in [2.45, 2.75) is 71.1 Å². The van der Waals surface area contributed by atoms with Gasteiger partial charge in [-0.1, -0.05) is 58.3 Å². The maximum absolute atomic E-state index is 10.8. The summed E-state index contributed by atoms with van der Waals surface area (Å²) in [6.45, 7) is 2.38. The lowest BCUT2D eigenvalue weighted by atomic mass is 10.1. The fourth-order valence-corrected chi connectivity index (χ4v) is 3.18. The van der Waals surface area contributed by atoms with Gasteiger partial charge in [-0.2, -0.15) is 0 Å². The van der Waals surface area contributed by atoms with Gasteiger partial charge in [0.25, 0.3) is 0 Å². The van der Waals surface area contributed by atoms with E-state index in [2.05, 4.69) is 6.92 Å². The Kier molecular flexibility index (Phi) is 8.17. The normalized spacial score (nSPS) is 24.8. The summed E-state index contributed by atoms with van der Waals surface area (Å²) in [5.41, 5.74) is 0. The van der Waals surface area contributed by atoms with Crippen molar-refractivity contribution in [2.24, 2.45) is 11.8 Å². The molecule has 0 N–H and O–H groups in total. The highest BCUT2D eigenvalue weighted by atomic mass is 32.2. The zero-order valence-corrected chi connectivity index (χ0v) is 12.6. The minimum atomic E-state index is -0.579. The largest absolute Gasteiger partial charge is 0.260 e. The van der Waals surface area contributed by atoms with Gasteiger partial charge in [0.2, 0.25) is 0 Å². The molecule has 102 valence electrons. The number of hydrogen-bond donors (Lipinski definition) is 0. The Hall–Kier alpha value is 0.150. The summed E-state index contributed by atoms with van der Waals surface area (Å²) >= 11 is 0. The van der Waals surface area contributed by atoms with Crippen molar-refractivity contribution >= 4 is 10.8 Å². The van der Waals surface area contributed by atoms with Crippen LogP contribution in [0.15, 0.2) is 0 Å². The summed E-state index contributed by atoms with van der Waals surface area (Å²) in [5.74, 6) is 3.03. The molecule has 2 heteroatoms. The van der Waals surface area contributed by atoms with Crippen LogP contribution in [-0.4, -0.2) is 16.2 Å². The lowest BCUT2D eigenvalue weighted by molar-refractivity contribution is 0.542. The van der Waals surface area contributed by atoms with E-state index >= 15 is 0 Å². The van der Waals surface area contributed by atoms with Crippen LogP contribution in [0, 0.1) is 11.8 Å². The molecule has 1 aliphatic rings. The maximum Gasteiger partial charge on any atom is 0.0232 e. The molecule has 3 atom stereocenters. The van der Waals surface area contributed by atoms with E-state index in [-0.39, 0.29) is 0 Å². The van der Waals surface area contributed by atoms with Gasteiger partial charge in [0, 0.05) is 22.8 Å². The van der Waals surface area contributed by atoms with Gasteiger partial charge < -0.3 is 0 Å². The second-order valence-electron chi connectivity index (χ2n) is 5.87. The van der Waals surface area contributed by atoms with E-state index in [1.54, 1.807) is 6.26 Å². The van der Waals surface area contributed by atoms with Crippen molar-refractivity contribution < 1.29 is 4.21 Å².